The Bertz CT molecular complexity index is 823. The predicted molar refractivity (Wildman–Crippen MR) is 121 cm³/mol. The second-order valence-electron chi connectivity index (χ2n) is 8.49. The van der Waals surface area contributed by atoms with E-state index in [1.54, 1.807) is 19.2 Å². The second kappa shape index (κ2) is 12.1. The summed E-state index contributed by atoms with van der Waals surface area (Å²) in [7, 11) is 1.61. The zero-order chi connectivity index (χ0) is 22.9. The lowest BCUT2D eigenvalue weighted by molar-refractivity contribution is -0.192. The van der Waals surface area contributed by atoms with Crippen molar-refractivity contribution >= 4 is 5.91 Å². The van der Waals surface area contributed by atoms with Crippen molar-refractivity contribution in [2.24, 2.45) is 11.8 Å². The Morgan fingerprint density at radius 1 is 1.12 bits per heavy atom. The van der Waals surface area contributed by atoms with Crippen molar-refractivity contribution < 1.29 is 23.8 Å². The van der Waals surface area contributed by atoms with Crippen LogP contribution in [0, 0.1) is 17.7 Å². The maximum absolute atomic E-state index is 13.5. The molecule has 2 aromatic carbocycles. The predicted octanol–water partition coefficient (Wildman–Crippen LogP) is 4.92. The standard InChI is InChI=1S/C26H34FNO4/c1-18(25(29)20-8-4-3-5-9-20)22(26(30)28-2)15-16-23(19-11-13-21(27)14-12-19)32-24-10-6-7-17-31-24/h3-5,8-9,11-14,18,22-25,29H,6-7,10,15-17H2,1-2H3,(H,28,30)/t18-,22?,23-,24?,25-/m0/s1. The zero-order valence-electron chi connectivity index (χ0n) is 18.9. The van der Waals surface area contributed by atoms with E-state index in [0.717, 1.165) is 30.4 Å². The number of aliphatic hydroxyl groups is 1. The minimum atomic E-state index is -0.759. The first-order valence-corrected chi connectivity index (χ1v) is 11.5. The number of hydrogen-bond acceptors (Lipinski definition) is 4. The number of ether oxygens (including phenoxy) is 2. The first-order valence-electron chi connectivity index (χ1n) is 11.5. The van der Waals surface area contributed by atoms with Gasteiger partial charge >= 0.3 is 0 Å². The Labute approximate surface area is 189 Å². The van der Waals surface area contributed by atoms with Crippen molar-refractivity contribution in [2.75, 3.05) is 13.7 Å². The zero-order valence-corrected chi connectivity index (χ0v) is 18.9. The molecule has 1 heterocycles. The highest BCUT2D eigenvalue weighted by Gasteiger charge is 2.32. The molecule has 2 N–H and O–H groups in total. The lowest BCUT2D eigenvalue weighted by Gasteiger charge is -2.31. The molecule has 32 heavy (non-hydrogen) atoms. The summed E-state index contributed by atoms with van der Waals surface area (Å²) in [5.41, 5.74) is 1.64. The molecule has 0 aliphatic carbocycles. The molecule has 1 aliphatic heterocycles. The first kappa shape index (κ1) is 24.4. The van der Waals surface area contributed by atoms with Gasteiger partial charge in [0.05, 0.1) is 12.2 Å². The highest BCUT2D eigenvalue weighted by molar-refractivity contribution is 5.78. The number of amides is 1. The molecule has 0 spiro atoms. The van der Waals surface area contributed by atoms with E-state index >= 15 is 0 Å². The van der Waals surface area contributed by atoms with Gasteiger partial charge in [-0.15, -0.1) is 0 Å². The summed E-state index contributed by atoms with van der Waals surface area (Å²) in [6.07, 6.45) is 2.56. The molecule has 3 rings (SSSR count). The average Bonchev–Trinajstić information content (AvgIpc) is 2.84. The van der Waals surface area contributed by atoms with Gasteiger partial charge in [0, 0.05) is 19.6 Å². The molecule has 1 aliphatic rings. The summed E-state index contributed by atoms with van der Waals surface area (Å²) < 4.78 is 25.5. The van der Waals surface area contributed by atoms with E-state index in [9.17, 15) is 14.3 Å². The summed E-state index contributed by atoms with van der Waals surface area (Å²) in [4.78, 5) is 12.7. The Morgan fingerprint density at radius 2 is 1.84 bits per heavy atom. The SMILES string of the molecule is CNC(=O)C(CC[C@H](OC1CCCCO1)c1ccc(F)cc1)[C@H](C)[C@H](O)c1ccccc1. The highest BCUT2D eigenvalue weighted by atomic mass is 19.1. The van der Waals surface area contributed by atoms with E-state index in [-0.39, 0.29) is 30.0 Å². The van der Waals surface area contributed by atoms with E-state index in [1.807, 2.05) is 37.3 Å². The van der Waals surface area contributed by atoms with Gasteiger partial charge in [-0.3, -0.25) is 4.79 Å². The Kier molecular flexibility index (Phi) is 9.21. The van der Waals surface area contributed by atoms with Crippen molar-refractivity contribution in [3.63, 3.8) is 0 Å². The van der Waals surface area contributed by atoms with Gasteiger partial charge in [0.25, 0.3) is 0 Å². The summed E-state index contributed by atoms with van der Waals surface area (Å²) >= 11 is 0. The lowest BCUT2D eigenvalue weighted by atomic mass is 9.81. The van der Waals surface area contributed by atoms with Crippen LogP contribution in [-0.2, 0) is 14.3 Å². The van der Waals surface area contributed by atoms with Crippen LogP contribution in [0.1, 0.15) is 62.4 Å². The molecule has 1 saturated heterocycles. The first-order chi connectivity index (χ1) is 15.5. The van der Waals surface area contributed by atoms with Gasteiger partial charge in [0.1, 0.15) is 5.82 Å². The summed E-state index contributed by atoms with van der Waals surface area (Å²) in [5.74, 6) is -1.12. The van der Waals surface area contributed by atoms with Crippen molar-refractivity contribution in [3.05, 3.63) is 71.5 Å². The van der Waals surface area contributed by atoms with Crippen LogP contribution in [0.25, 0.3) is 0 Å². The van der Waals surface area contributed by atoms with Crippen molar-refractivity contribution in [1.82, 2.24) is 5.32 Å². The van der Waals surface area contributed by atoms with Gasteiger partial charge in [-0.25, -0.2) is 4.39 Å². The van der Waals surface area contributed by atoms with Crippen LogP contribution >= 0.6 is 0 Å². The van der Waals surface area contributed by atoms with E-state index in [0.29, 0.717) is 19.4 Å². The molecule has 2 aromatic rings. The lowest BCUT2D eigenvalue weighted by Crippen LogP contribution is -2.35. The molecule has 1 amide bonds. The fourth-order valence-corrected chi connectivity index (χ4v) is 4.32. The maximum atomic E-state index is 13.5. The Hall–Kier alpha value is -2.28. The van der Waals surface area contributed by atoms with Crippen LogP contribution in [0.2, 0.25) is 0 Å². The molecule has 174 valence electrons. The maximum Gasteiger partial charge on any atom is 0.223 e. The van der Waals surface area contributed by atoms with Crippen LogP contribution < -0.4 is 5.32 Å². The van der Waals surface area contributed by atoms with Crippen LogP contribution in [0.5, 0.6) is 0 Å². The quantitative estimate of drug-likeness (QED) is 0.547. The minimum absolute atomic E-state index is 0.112. The number of halogens is 1. The molecule has 0 radical (unpaired) electrons. The molecule has 0 saturated carbocycles. The smallest absolute Gasteiger partial charge is 0.223 e. The Morgan fingerprint density at radius 3 is 2.47 bits per heavy atom. The van der Waals surface area contributed by atoms with Crippen LogP contribution in [0.4, 0.5) is 4.39 Å². The summed E-state index contributed by atoms with van der Waals surface area (Å²) in [6.45, 7) is 2.57. The van der Waals surface area contributed by atoms with Crippen molar-refractivity contribution in [1.29, 1.82) is 0 Å². The third kappa shape index (κ3) is 6.61. The van der Waals surface area contributed by atoms with E-state index in [1.165, 1.54) is 12.1 Å². The van der Waals surface area contributed by atoms with Gasteiger partial charge < -0.3 is 19.9 Å². The second-order valence-corrected chi connectivity index (χ2v) is 8.49. The van der Waals surface area contributed by atoms with E-state index in [4.69, 9.17) is 9.47 Å². The molecule has 5 nitrogen and oxygen atoms in total. The number of carbonyl (C=O) groups is 1. The molecule has 0 aromatic heterocycles. The molecule has 5 atom stereocenters. The van der Waals surface area contributed by atoms with E-state index in [2.05, 4.69) is 5.32 Å². The fraction of sp³-hybridized carbons (Fsp3) is 0.500. The summed E-state index contributed by atoms with van der Waals surface area (Å²) in [6, 6.07) is 15.7. The number of aliphatic hydroxyl groups excluding tert-OH is 1. The average molecular weight is 444 g/mol. The third-order valence-electron chi connectivity index (χ3n) is 6.29. The highest BCUT2D eigenvalue weighted by Crippen LogP contribution is 2.35. The van der Waals surface area contributed by atoms with Crippen molar-refractivity contribution in [2.45, 2.75) is 57.5 Å². The Balaban J connectivity index is 1.74. The monoisotopic (exact) mass is 443 g/mol. The summed E-state index contributed by atoms with van der Waals surface area (Å²) in [5, 5.41) is 13.6. The number of rotatable bonds is 10. The molecular weight excluding hydrogens is 409 g/mol. The molecular formula is C26H34FNO4. The molecule has 1 fully saturated rings. The topological polar surface area (TPSA) is 67.8 Å². The van der Waals surface area contributed by atoms with Crippen LogP contribution in [0.15, 0.2) is 54.6 Å². The van der Waals surface area contributed by atoms with Crippen LogP contribution in [0.3, 0.4) is 0 Å². The number of benzene rings is 2. The normalized spacial score (nSPS) is 20.2. The van der Waals surface area contributed by atoms with E-state index < -0.39 is 12.0 Å². The molecule has 6 heteroatoms. The van der Waals surface area contributed by atoms with Gasteiger partial charge in [-0.1, -0.05) is 49.4 Å². The fourth-order valence-electron chi connectivity index (χ4n) is 4.32. The van der Waals surface area contributed by atoms with Gasteiger partial charge in [0.15, 0.2) is 6.29 Å². The van der Waals surface area contributed by atoms with Gasteiger partial charge in [0.2, 0.25) is 5.91 Å². The third-order valence-corrected chi connectivity index (χ3v) is 6.29. The number of nitrogens with one attached hydrogen (secondary N) is 1. The largest absolute Gasteiger partial charge is 0.388 e. The minimum Gasteiger partial charge on any atom is -0.388 e. The van der Waals surface area contributed by atoms with Crippen molar-refractivity contribution in [3.8, 4) is 0 Å². The number of carbonyl (C=O) groups excluding carboxylic acids is 1. The molecule has 0 bridgehead atoms. The van der Waals surface area contributed by atoms with Gasteiger partial charge in [-0.05, 0) is 61.3 Å². The van der Waals surface area contributed by atoms with Crippen LogP contribution in [-0.4, -0.2) is 31.0 Å². The molecule has 2 unspecified atom stereocenters. The van der Waals surface area contributed by atoms with Gasteiger partial charge in [-0.2, -0.15) is 0 Å². The number of hydrogen-bond donors (Lipinski definition) is 2.